The molecule has 1 aromatic heterocycles. The van der Waals surface area contributed by atoms with Gasteiger partial charge in [0.2, 0.25) is 0 Å². The first-order valence-corrected chi connectivity index (χ1v) is 10.8. The smallest absolute Gasteiger partial charge is 0.307 e. The SMILES string of the molecule is Cc1cn(Cc2ccccc2)c2cccc(C(=O)Nc3cc(CC(=O)O)c(Cl)c(Cl)c3F)c12. The van der Waals surface area contributed by atoms with Gasteiger partial charge in [-0.05, 0) is 41.8 Å². The Kier molecular flexibility index (Phi) is 6.40. The molecule has 0 atom stereocenters. The van der Waals surface area contributed by atoms with Crippen molar-refractivity contribution in [2.75, 3.05) is 5.32 Å². The Labute approximate surface area is 199 Å². The average Bonchev–Trinajstić information content (AvgIpc) is 3.11. The zero-order chi connectivity index (χ0) is 23.7. The average molecular weight is 485 g/mol. The van der Waals surface area contributed by atoms with E-state index in [9.17, 15) is 14.0 Å². The van der Waals surface area contributed by atoms with Crippen LogP contribution in [0.1, 0.15) is 27.0 Å². The van der Waals surface area contributed by atoms with E-state index in [1.807, 2.05) is 49.5 Å². The third-order valence-corrected chi connectivity index (χ3v) is 6.23. The number of nitrogens with one attached hydrogen (secondary N) is 1. The highest BCUT2D eigenvalue weighted by Crippen LogP contribution is 2.35. The van der Waals surface area contributed by atoms with Crippen molar-refractivity contribution in [3.05, 3.63) is 98.9 Å². The topological polar surface area (TPSA) is 71.3 Å². The van der Waals surface area contributed by atoms with Gasteiger partial charge in [0, 0.05) is 29.2 Å². The molecule has 0 aliphatic rings. The third-order valence-electron chi connectivity index (χ3n) is 5.35. The summed E-state index contributed by atoms with van der Waals surface area (Å²) in [6.07, 6.45) is 1.51. The first kappa shape index (κ1) is 22.8. The van der Waals surface area contributed by atoms with E-state index in [1.54, 1.807) is 12.1 Å². The van der Waals surface area contributed by atoms with Crippen molar-refractivity contribution in [3.8, 4) is 0 Å². The molecule has 1 heterocycles. The molecule has 0 aliphatic carbocycles. The first-order chi connectivity index (χ1) is 15.8. The monoisotopic (exact) mass is 484 g/mol. The lowest BCUT2D eigenvalue weighted by Crippen LogP contribution is -2.15. The fraction of sp³-hybridized carbons (Fsp3) is 0.120. The lowest BCUT2D eigenvalue weighted by molar-refractivity contribution is -0.136. The molecule has 4 rings (SSSR count). The number of halogens is 3. The molecule has 0 spiro atoms. The number of carbonyl (C=O) groups is 2. The molecule has 0 saturated heterocycles. The van der Waals surface area contributed by atoms with Crippen LogP contribution < -0.4 is 5.32 Å². The van der Waals surface area contributed by atoms with Crippen LogP contribution in [0.25, 0.3) is 10.9 Å². The van der Waals surface area contributed by atoms with Crippen LogP contribution in [0, 0.1) is 12.7 Å². The minimum Gasteiger partial charge on any atom is -0.481 e. The van der Waals surface area contributed by atoms with Crippen molar-refractivity contribution >= 4 is 51.7 Å². The number of aryl methyl sites for hydroxylation is 1. The van der Waals surface area contributed by atoms with Gasteiger partial charge < -0.3 is 15.0 Å². The van der Waals surface area contributed by atoms with Gasteiger partial charge in [-0.1, -0.05) is 59.6 Å². The second-order valence-corrected chi connectivity index (χ2v) is 8.43. The number of anilines is 1. The summed E-state index contributed by atoms with van der Waals surface area (Å²) in [7, 11) is 0. The normalized spacial score (nSPS) is 11.0. The summed E-state index contributed by atoms with van der Waals surface area (Å²) in [5.74, 6) is -2.62. The number of fused-ring (bicyclic) bond motifs is 1. The van der Waals surface area contributed by atoms with Crippen LogP contribution in [0.5, 0.6) is 0 Å². The van der Waals surface area contributed by atoms with Gasteiger partial charge in [0.15, 0.2) is 5.82 Å². The van der Waals surface area contributed by atoms with E-state index in [-0.39, 0.29) is 16.3 Å². The first-order valence-electron chi connectivity index (χ1n) is 10.1. The molecular formula is C25H19Cl2FN2O3. The molecule has 0 bridgehead atoms. The third kappa shape index (κ3) is 4.58. The number of aliphatic carboxylic acids is 1. The van der Waals surface area contributed by atoms with E-state index >= 15 is 0 Å². The van der Waals surface area contributed by atoms with Crippen LogP contribution in [0.2, 0.25) is 10.0 Å². The molecule has 2 N–H and O–H groups in total. The number of carboxylic acid groups (broad SMARTS) is 1. The van der Waals surface area contributed by atoms with E-state index in [0.717, 1.165) is 22.0 Å². The minimum atomic E-state index is -1.16. The number of hydrogen-bond acceptors (Lipinski definition) is 2. The van der Waals surface area contributed by atoms with Gasteiger partial charge >= 0.3 is 5.97 Å². The molecule has 0 radical (unpaired) electrons. The van der Waals surface area contributed by atoms with Crippen molar-refractivity contribution in [2.24, 2.45) is 0 Å². The Morgan fingerprint density at radius 2 is 1.79 bits per heavy atom. The van der Waals surface area contributed by atoms with Gasteiger partial charge in [-0.2, -0.15) is 0 Å². The van der Waals surface area contributed by atoms with Crippen LogP contribution in [-0.4, -0.2) is 21.6 Å². The Morgan fingerprint density at radius 1 is 1.06 bits per heavy atom. The molecule has 0 unspecified atom stereocenters. The van der Waals surface area contributed by atoms with Crippen LogP contribution in [0.4, 0.5) is 10.1 Å². The van der Waals surface area contributed by atoms with Gasteiger partial charge in [0.05, 0.1) is 22.2 Å². The van der Waals surface area contributed by atoms with Crippen LogP contribution >= 0.6 is 23.2 Å². The quantitative estimate of drug-likeness (QED) is 0.314. The Morgan fingerprint density at radius 3 is 2.48 bits per heavy atom. The maximum Gasteiger partial charge on any atom is 0.307 e. The minimum absolute atomic E-state index is 0.106. The van der Waals surface area contributed by atoms with Crippen molar-refractivity contribution < 1.29 is 19.1 Å². The summed E-state index contributed by atoms with van der Waals surface area (Å²) in [6, 6.07) is 16.5. The number of aromatic nitrogens is 1. The summed E-state index contributed by atoms with van der Waals surface area (Å²) in [6.45, 7) is 2.54. The van der Waals surface area contributed by atoms with E-state index < -0.39 is 29.1 Å². The summed E-state index contributed by atoms with van der Waals surface area (Å²) in [5.41, 5.74) is 3.12. The number of carboxylic acids is 1. The summed E-state index contributed by atoms with van der Waals surface area (Å²) < 4.78 is 16.8. The molecule has 1 amide bonds. The number of carbonyl (C=O) groups excluding carboxylic acids is 1. The maximum absolute atomic E-state index is 14.7. The molecule has 5 nitrogen and oxygen atoms in total. The molecule has 33 heavy (non-hydrogen) atoms. The number of amides is 1. The van der Waals surface area contributed by atoms with E-state index in [1.165, 1.54) is 6.07 Å². The van der Waals surface area contributed by atoms with Gasteiger partial charge in [-0.15, -0.1) is 0 Å². The lowest BCUT2D eigenvalue weighted by Gasteiger charge is -2.13. The van der Waals surface area contributed by atoms with Gasteiger partial charge in [-0.25, -0.2) is 4.39 Å². The Bertz CT molecular complexity index is 1380. The van der Waals surface area contributed by atoms with Gasteiger partial charge in [-0.3, -0.25) is 9.59 Å². The van der Waals surface area contributed by atoms with Crippen LogP contribution in [0.3, 0.4) is 0 Å². The van der Waals surface area contributed by atoms with Crippen LogP contribution in [0.15, 0.2) is 60.8 Å². The number of nitrogens with zero attached hydrogens (tertiary/aromatic N) is 1. The molecule has 0 aliphatic heterocycles. The van der Waals surface area contributed by atoms with E-state index in [4.69, 9.17) is 28.3 Å². The molecule has 168 valence electrons. The number of hydrogen-bond donors (Lipinski definition) is 2. The fourth-order valence-corrected chi connectivity index (χ4v) is 4.32. The molecular weight excluding hydrogens is 466 g/mol. The van der Waals surface area contributed by atoms with E-state index in [2.05, 4.69) is 9.88 Å². The standard InChI is InChI=1S/C25H19Cl2FN2O3/c1-14-12-30(13-15-6-3-2-4-7-15)19-9-5-8-17(21(14)19)25(33)29-18-10-16(11-20(31)32)22(26)23(27)24(18)28/h2-10,12H,11,13H2,1H3,(H,29,33)(H,31,32). The zero-order valence-electron chi connectivity index (χ0n) is 17.5. The summed E-state index contributed by atoms with van der Waals surface area (Å²) >= 11 is 11.9. The van der Waals surface area contributed by atoms with Crippen molar-refractivity contribution in [1.29, 1.82) is 0 Å². The Hall–Kier alpha value is -3.35. The molecule has 4 aromatic rings. The summed E-state index contributed by atoms with van der Waals surface area (Å²) in [4.78, 5) is 24.3. The lowest BCUT2D eigenvalue weighted by atomic mass is 10.1. The highest BCUT2D eigenvalue weighted by atomic mass is 35.5. The van der Waals surface area contributed by atoms with Crippen molar-refractivity contribution in [2.45, 2.75) is 19.9 Å². The number of benzene rings is 3. The molecule has 0 fully saturated rings. The van der Waals surface area contributed by atoms with Crippen molar-refractivity contribution in [3.63, 3.8) is 0 Å². The second-order valence-electron chi connectivity index (χ2n) is 7.68. The largest absolute Gasteiger partial charge is 0.481 e. The predicted molar refractivity (Wildman–Crippen MR) is 128 cm³/mol. The predicted octanol–water partition coefficient (Wildman–Crippen LogP) is 6.32. The molecule has 3 aromatic carbocycles. The highest BCUT2D eigenvalue weighted by molar-refractivity contribution is 6.43. The Balaban J connectivity index is 1.71. The zero-order valence-corrected chi connectivity index (χ0v) is 19.0. The van der Waals surface area contributed by atoms with Crippen LogP contribution in [-0.2, 0) is 17.8 Å². The van der Waals surface area contributed by atoms with Gasteiger partial charge in [0.25, 0.3) is 5.91 Å². The summed E-state index contributed by atoms with van der Waals surface area (Å²) in [5, 5.41) is 11.7. The maximum atomic E-state index is 14.7. The molecule has 0 saturated carbocycles. The second kappa shape index (κ2) is 9.25. The molecule has 8 heteroatoms. The fourth-order valence-electron chi connectivity index (χ4n) is 3.89. The van der Waals surface area contributed by atoms with E-state index in [0.29, 0.717) is 12.1 Å². The highest BCUT2D eigenvalue weighted by Gasteiger charge is 2.21. The number of rotatable bonds is 6. The van der Waals surface area contributed by atoms with Gasteiger partial charge in [0.1, 0.15) is 0 Å². The van der Waals surface area contributed by atoms with Crippen molar-refractivity contribution in [1.82, 2.24) is 4.57 Å².